The Bertz CT molecular complexity index is 1420. The third-order valence-electron chi connectivity index (χ3n) is 6.94. The van der Waals surface area contributed by atoms with Crippen LogP contribution in [0.15, 0.2) is 121 Å². The second kappa shape index (κ2) is 9.39. The summed E-state index contributed by atoms with van der Waals surface area (Å²) in [7, 11) is 0. The molecule has 2 heterocycles. The summed E-state index contributed by atoms with van der Waals surface area (Å²) in [6, 6.07) is 39.1. The first-order valence-corrected chi connectivity index (χ1v) is 13.1. The second-order valence-corrected chi connectivity index (χ2v) is 10.2. The minimum Gasteiger partial charge on any atom is -0.343 e. The Kier molecular flexibility index (Phi) is 5.93. The lowest BCUT2D eigenvalue weighted by Crippen LogP contribution is -2.39. The molecule has 1 aliphatic rings. The molecule has 1 N–H and O–H groups in total. The molecule has 1 unspecified atom stereocenters. The van der Waals surface area contributed by atoms with Crippen LogP contribution in [-0.2, 0) is 12.0 Å². The van der Waals surface area contributed by atoms with Gasteiger partial charge in [-0.3, -0.25) is 9.48 Å². The van der Waals surface area contributed by atoms with E-state index in [0.29, 0.717) is 6.42 Å². The number of benzene rings is 4. The van der Waals surface area contributed by atoms with Crippen LogP contribution >= 0.6 is 22.6 Å². The predicted octanol–water partition coefficient (Wildman–Crippen LogP) is 6.36. The molecule has 36 heavy (non-hydrogen) atoms. The fourth-order valence-corrected chi connectivity index (χ4v) is 6.05. The Morgan fingerprint density at radius 3 is 1.81 bits per heavy atom. The third-order valence-corrected chi connectivity index (χ3v) is 7.77. The summed E-state index contributed by atoms with van der Waals surface area (Å²) in [6.07, 6.45) is 2.82. The molecule has 0 bridgehead atoms. The standard InChI is InChI=1S/C31H24IN3O/c32-27-21-35(34-29(27)28-20-22-12-10-11-19-26(22)30(36)33-28)31(23-13-4-1-5-14-23,24-15-6-2-7-16-24)25-17-8-3-9-18-25/h1-19,21,28H,20H2,(H,33,36). The van der Waals surface area contributed by atoms with E-state index in [2.05, 4.69) is 112 Å². The Labute approximate surface area is 224 Å². The van der Waals surface area contributed by atoms with Crippen molar-refractivity contribution in [2.24, 2.45) is 0 Å². The van der Waals surface area contributed by atoms with Gasteiger partial charge in [-0.05, 0) is 57.3 Å². The van der Waals surface area contributed by atoms with Gasteiger partial charge in [0.2, 0.25) is 0 Å². The molecule has 1 amide bonds. The average molecular weight is 581 g/mol. The van der Waals surface area contributed by atoms with Crippen molar-refractivity contribution in [1.82, 2.24) is 15.1 Å². The van der Waals surface area contributed by atoms with E-state index < -0.39 is 5.54 Å². The van der Waals surface area contributed by atoms with E-state index in [-0.39, 0.29) is 11.9 Å². The van der Waals surface area contributed by atoms with Crippen LogP contribution in [0.25, 0.3) is 0 Å². The number of hydrogen-bond acceptors (Lipinski definition) is 2. The number of nitrogens with zero attached hydrogens (tertiary/aromatic N) is 2. The number of rotatable bonds is 5. The molecular weight excluding hydrogens is 557 g/mol. The van der Waals surface area contributed by atoms with Gasteiger partial charge in [-0.15, -0.1) is 0 Å². The van der Waals surface area contributed by atoms with Crippen LogP contribution in [0, 0.1) is 3.57 Å². The average Bonchev–Trinajstić information content (AvgIpc) is 3.32. The van der Waals surface area contributed by atoms with Gasteiger partial charge in [0, 0.05) is 11.8 Å². The van der Waals surface area contributed by atoms with Crippen molar-refractivity contribution in [3.63, 3.8) is 0 Å². The van der Waals surface area contributed by atoms with Crippen LogP contribution in [0.4, 0.5) is 0 Å². The van der Waals surface area contributed by atoms with Gasteiger partial charge < -0.3 is 5.32 Å². The van der Waals surface area contributed by atoms with Crippen LogP contribution < -0.4 is 5.32 Å². The van der Waals surface area contributed by atoms with E-state index in [0.717, 1.165) is 37.1 Å². The molecule has 0 saturated heterocycles. The number of halogens is 1. The summed E-state index contributed by atoms with van der Waals surface area (Å²) < 4.78 is 3.10. The second-order valence-electron chi connectivity index (χ2n) is 9.00. The number of carbonyl (C=O) groups excluding carboxylic acids is 1. The molecule has 1 aliphatic heterocycles. The number of nitrogens with one attached hydrogen (secondary N) is 1. The molecule has 1 atom stereocenters. The van der Waals surface area contributed by atoms with E-state index >= 15 is 0 Å². The van der Waals surface area contributed by atoms with Crippen LogP contribution in [-0.4, -0.2) is 15.7 Å². The lowest BCUT2D eigenvalue weighted by Gasteiger charge is -2.36. The number of carbonyl (C=O) groups is 1. The van der Waals surface area contributed by atoms with Gasteiger partial charge in [-0.2, -0.15) is 5.10 Å². The molecule has 1 aromatic heterocycles. The van der Waals surface area contributed by atoms with Gasteiger partial charge in [-0.25, -0.2) is 0 Å². The lowest BCUT2D eigenvalue weighted by molar-refractivity contribution is 0.0923. The minimum atomic E-state index is -0.682. The number of aromatic nitrogens is 2. The lowest BCUT2D eigenvalue weighted by atomic mass is 9.77. The van der Waals surface area contributed by atoms with Crippen LogP contribution in [0.3, 0.4) is 0 Å². The molecule has 6 rings (SSSR count). The Morgan fingerprint density at radius 2 is 1.25 bits per heavy atom. The largest absolute Gasteiger partial charge is 0.343 e. The number of hydrogen-bond donors (Lipinski definition) is 1. The maximum Gasteiger partial charge on any atom is 0.252 e. The first-order valence-electron chi connectivity index (χ1n) is 12.0. The van der Waals surface area contributed by atoms with Crippen molar-refractivity contribution in [3.8, 4) is 0 Å². The highest BCUT2D eigenvalue weighted by Gasteiger charge is 2.40. The highest BCUT2D eigenvalue weighted by Crippen LogP contribution is 2.41. The van der Waals surface area contributed by atoms with Gasteiger partial charge in [0.1, 0.15) is 5.54 Å². The smallest absolute Gasteiger partial charge is 0.252 e. The van der Waals surface area contributed by atoms with Crippen molar-refractivity contribution in [2.45, 2.75) is 18.0 Å². The molecule has 0 spiro atoms. The quantitative estimate of drug-likeness (QED) is 0.194. The van der Waals surface area contributed by atoms with Crippen LogP contribution in [0.5, 0.6) is 0 Å². The Hall–Kier alpha value is -3.71. The van der Waals surface area contributed by atoms with E-state index in [1.54, 1.807) is 0 Å². The van der Waals surface area contributed by atoms with Gasteiger partial charge in [0.15, 0.2) is 0 Å². The van der Waals surface area contributed by atoms with Gasteiger partial charge in [0.25, 0.3) is 5.91 Å². The van der Waals surface area contributed by atoms with Gasteiger partial charge in [-0.1, -0.05) is 109 Å². The Morgan fingerprint density at radius 1 is 0.750 bits per heavy atom. The molecular formula is C31H24IN3O. The van der Waals surface area contributed by atoms with Crippen molar-refractivity contribution in [2.75, 3.05) is 0 Å². The maximum atomic E-state index is 12.9. The van der Waals surface area contributed by atoms with Crippen molar-refractivity contribution >= 4 is 28.5 Å². The molecule has 176 valence electrons. The molecule has 0 saturated carbocycles. The molecule has 5 heteroatoms. The fraction of sp³-hybridized carbons (Fsp3) is 0.0968. The van der Waals surface area contributed by atoms with E-state index in [1.165, 1.54) is 0 Å². The highest BCUT2D eigenvalue weighted by molar-refractivity contribution is 14.1. The number of amides is 1. The summed E-state index contributed by atoms with van der Waals surface area (Å²) in [5.74, 6) is -0.0485. The third kappa shape index (κ3) is 3.75. The summed E-state index contributed by atoms with van der Waals surface area (Å²) in [5.41, 5.74) is 5.35. The van der Waals surface area contributed by atoms with E-state index in [4.69, 9.17) is 5.10 Å². The maximum absolute atomic E-state index is 12.9. The Balaban J connectivity index is 1.57. The normalized spacial score (nSPS) is 15.2. The summed E-state index contributed by atoms with van der Waals surface area (Å²) in [6.45, 7) is 0. The molecule has 4 nitrogen and oxygen atoms in total. The molecule has 5 aromatic rings. The van der Waals surface area contributed by atoms with Crippen LogP contribution in [0.1, 0.15) is 44.3 Å². The summed E-state index contributed by atoms with van der Waals surface area (Å²) >= 11 is 2.35. The summed E-state index contributed by atoms with van der Waals surface area (Å²) in [5, 5.41) is 8.43. The monoisotopic (exact) mass is 581 g/mol. The first-order chi connectivity index (χ1) is 17.7. The van der Waals surface area contributed by atoms with E-state index in [9.17, 15) is 4.79 Å². The zero-order valence-corrected chi connectivity index (χ0v) is 21.7. The van der Waals surface area contributed by atoms with Crippen LogP contribution in [0.2, 0.25) is 0 Å². The van der Waals surface area contributed by atoms with Crippen molar-refractivity contribution < 1.29 is 4.79 Å². The fourth-order valence-electron chi connectivity index (χ4n) is 5.30. The molecule has 4 aromatic carbocycles. The van der Waals surface area contributed by atoms with Gasteiger partial charge in [0.05, 0.1) is 15.3 Å². The predicted molar refractivity (Wildman–Crippen MR) is 150 cm³/mol. The molecule has 0 aliphatic carbocycles. The van der Waals surface area contributed by atoms with Crippen molar-refractivity contribution in [1.29, 1.82) is 0 Å². The zero-order chi connectivity index (χ0) is 24.5. The SMILES string of the molecule is O=C1NC(c2nn(C(c3ccccc3)(c3ccccc3)c3ccccc3)cc2I)Cc2ccccc21. The minimum absolute atomic E-state index is 0.0485. The first kappa shape index (κ1) is 22.7. The molecule has 0 fully saturated rings. The number of fused-ring (bicyclic) bond motifs is 1. The topological polar surface area (TPSA) is 46.9 Å². The highest BCUT2D eigenvalue weighted by atomic mass is 127. The van der Waals surface area contributed by atoms with E-state index in [1.807, 2.05) is 42.5 Å². The zero-order valence-electron chi connectivity index (χ0n) is 19.5. The van der Waals surface area contributed by atoms with Gasteiger partial charge >= 0.3 is 0 Å². The summed E-state index contributed by atoms with van der Waals surface area (Å²) in [4.78, 5) is 12.9. The van der Waals surface area contributed by atoms with Crippen molar-refractivity contribution in [3.05, 3.63) is 159 Å². The molecule has 0 radical (unpaired) electrons.